The van der Waals surface area contributed by atoms with E-state index in [1.54, 1.807) is 30.4 Å². The van der Waals surface area contributed by atoms with Crippen LogP contribution in [-0.4, -0.2) is 20.4 Å². The van der Waals surface area contributed by atoms with E-state index in [2.05, 4.69) is 15.5 Å². The van der Waals surface area contributed by atoms with Gasteiger partial charge in [-0.25, -0.2) is 9.37 Å². The van der Waals surface area contributed by atoms with Crippen molar-refractivity contribution in [1.82, 2.24) is 14.5 Å². The normalized spacial score (nSPS) is 11.2. The van der Waals surface area contributed by atoms with E-state index in [1.165, 1.54) is 23.5 Å². The Hall–Kier alpha value is -3.00. The first-order valence-electron chi connectivity index (χ1n) is 7.50. The maximum Gasteiger partial charge on any atom is 0.262 e. The third-order valence-electron chi connectivity index (χ3n) is 3.87. The number of aromatic nitrogens is 3. The quantitative estimate of drug-likeness (QED) is 0.601. The molecular weight excluding hydrogens is 343 g/mol. The van der Waals surface area contributed by atoms with Crippen molar-refractivity contribution in [3.05, 3.63) is 58.7 Å². The van der Waals surface area contributed by atoms with Crippen molar-refractivity contribution >= 4 is 28.0 Å². The molecule has 4 aromatic rings. The van der Waals surface area contributed by atoms with Gasteiger partial charge in [-0.2, -0.15) is 0 Å². The molecule has 1 amide bonds. The van der Waals surface area contributed by atoms with Gasteiger partial charge in [-0.1, -0.05) is 5.16 Å². The van der Waals surface area contributed by atoms with Gasteiger partial charge in [-0.3, -0.25) is 9.20 Å². The summed E-state index contributed by atoms with van der Waals surface area (Å²) < 4.78 is 20.1. The second-order valence-electron chi connectivity index (χ2n) is 5.52. The summed E-state index contributed by atoms with van der Waals surface area (Å²) in [6.07, 6.45) is 1.82. The Kier molecular flexibility index (Phi) is 3.61. The lowest BCUT2D eigenvalue weighted by molar-refractivity contribution is 0.102. The van der Waals surface area contributed by atoms with Crippen LogP contribution in [0.4, 0.5) is 10.2 Å². The summed E-state index contributed by atoms with van der Waals surface area (Å²) in [5.74, 6) is 0.316. The number of anilines is 1. The molecule has 0 spiro atoms. The first-order valence-corrected chi connectivity index (χ1v) is 8.38. The molecule has 0 aliphatic heterocycles. The van der Waals surface area contributed by atoms with Crippen LogP contribution in [-0.2, 0) is 0 Å². The molecule has 0 saturated carbocycles. The predicted octanol–water partition coefficient (Wildman–Crippen LogP) is 4.06. The molecule has 0 fully saturated rings. The molecule has 4 rings (SSSR count). The molecule has 0 unspecified atom stereocenters. The Morgan fingerprint density at radius 1 is 1.28 bits per heavy atom. The molecule has 8 heteroatoms. The zero-order valence-corrected chi connectivity index (χ0v) is 14.2. The number of carbonyl (C=O) groups excluding carboxylic acids is 1. The number of benzene rings is 1. The zero-order chi connectivity index (χ0) is 17.6. The highest BCUT2D eigenvalue weighted by atomic mass is 32.1. The summed E-state index contributed by atoms with van der Waals surface area (Å²) in [4.78, 5) is 18.0. The number of thiazole rings is 1. The molecule has 0 aliphatic rings. The number of rotatable bonds is 3. The van der Waals surface area contributed by atoms with E-state index >= 15 is 0 Å². The van der Waals surface area contributed by atoms with Crippen LogP contribution in [0.3, 0.4) is 0 Å². The van der Waals surface area contributed by atoms with Crippen LogP contribution in [0.1, 0.15) is 21.8 Å². The highest BCUT2D eigenvalue weighted by molar-refractivity contribution is 7.15. The standard InChI is InChI=1S/C17H13FN4O2S/c1-9-13(10(2)24-21-9)16(23)20-15-14(11-3-5-12(18)6-4-11)19-17-22(15)7-8-25-17/h3-8H,1-2H3,(H,20,23). The molecule has 3 aromatic heterocycles. The number of hydrogen-bond donors (Lipinski definition) is 1. The molecule has 0 saturated heterocycles. The Morgan fingerprint density at radius 2 is 2.04 bits per heavy atom. The van der Waals surface area contributed by atoms with Gasteiger partial charge >= 0.3 is 0 Å². The van der Waals surface area contributed by atoms with Crippen LogP contribution in [0.5, 0.6) is 0 Å². The maximum absolute atomic E-state index is 13.2. The molecule has 6 nitrogen and oxygen atoms in total. The zero-order valence-electron chi connectivity index (χ0n) is 13.4. The summed E-state index contributed by atoms with van der Waals surface area (Å²) in [7, 11) is 0. The third kappa shape index (κ3) is 2.60. The number of halogens is 1. The highest BCUT2D eigenvalue weighted by Crippen LogP contribution is 2.31. The van der Waals surface area contributed by atoms with Crippen molar-refractivity contribution in [3.63, 3.8) is 0 Å². The van der Waals surface area contributed by atoms with Gasteiger partial charge in [-0.05, 0) is 38.1 Å². The SMILES string of the molecule is Cc1noc(C)c1C(=O)Nc1c(-c2ccc(F)cc2)nc2sccn12. The molecule has 25 heavy (non-hydrogen) atoms. The fourth-order valence-corrected chi connectivity index (χ4v) is 3.41. The van der Waals surface area contributed by atoms with Crippen molar-refractivity contribution in [3.8, 4) is 11.3 Å². The van der Waals surface area contributed by atoms with E-state index in [-0.39, 0.29) is 11.7 Å². The fraction of sp³-hybridized carbons (Fsp3) is 0.118. The first-order chi connectivity index (χ1) is 12.0. The van der Waals surface area contributed by atoms with Gasteiger partial charge in [0.05, 0.1) is 5.69 Å². The average Bonchev–Trinajstić information content (AvgIpc) is 3.25. The Bertz CT molecular complexity index is 1060. The van der Waals surface area contributed by atoms with Crippen molar-refractivity contribution in [1.29, 1.82) is 0 Å². The summed E-state index contributed by atoms with van der Waals surface area (Å²) >= 11 is 1.45. The second-order valence-corrected chi connectivity index (χ2v) is 6.40. The van der Waals surface area contributed by atoms with Gasteiger partial charge in [-0.15, -0.1) is 11.3 Å². The summed E-state index contributed by atoms with van der Waals surface area (Å²) in [6.45, 7) is 3.40. The van der Waals surface area contributed by atoms with Crippen molar-refractivity contribution in [2.75, 3.05) is 5.32 Å². The van der Waals surface area contributed by atoms with Crippen LogP contribution in [0.2, 0.25) is 0 Å². The van der Waals surface area contributed by atoms with Gasteiger partial charge in [0.25, 0.3) is 5.91 Å². The largest absolute Gasteiger partial charge is 0.361 e. The lowest BCUT2D eigenvalue weighted by atomic mass is 10.1. The van der Waals surface area contributed by atoms with Gasteiger partial charge < -0.3 is 9.84 Å². The molecule has 0 aliphatic carbocycles. The number of aryl methyl sites for hydroxylation is 2. The summed E-state index contributed by atoms with van der Waals surface area (Å²) in [6, 6.07) is 5.99. The van der Waals surface area contributed by atoms with Gasteiger partial charge in [0.1, 0.15) is 28.7 Å². The Morgan fingerprint density at radius 3 is 2.72 bits per heavy atom. The van der Waals surface area contributed by atoms with Crippen LogP contribution >= 0.6 is 11.3 Å². The highest BCUT2D eigenvalue weighted by Gasteiger charge is 2.22. The van der Waals surface area contributed by atoms with Crippen LogP contribution in [0.15, 0.2) is 40.4 Å². The predicted molar refractivity (Wildman–Crippen MR) is 92.4 cm³/mol. The minimum Gasteiger partial charge on any atom is -0.361 e. The van der Waals surface area contributed by atoms with E-state index in [4.69, 9.17) is 4.52 Å². The van der Waals surface area contributed by atoms with E-state index in [9.17, 15) is 9.18 Å². The van der Waals surface area contributed by atoms with Crippen LogP contribution in [0.25, 0.3) is 16.2 Å². The number of amides is 1. The van der Waals surface area contributed by atoms with Gasteiger partial charge in [0.2, 0.25) is 0 Å². The maximum atomic E-state index is 13.2. The number of nitrogens with zero attached hydrogens (tertiary/aromatic N) is 3. The number of fused-ring (bicyclic) bond motifs is 1. The Labute approximate surface area is 145 Å². The molecule has 0 radical (unpaired) electrons. The smallest absolute Gasteiger partial charge is 0.262 e. The number of imidazole rings is 1. The first kappa shape index (κ1) is 15.5. The molecule has 126 valence electrons. The third-order valence-corrected chi connectivity index (χ3v) is 4.63. The number of hydrogen-bond acceptors (Lipinski definition) is 5. The lowest BCUT2D eigenvalue weighted by Crippen LogP contribution is -2.15. The van der Waals surface area contributed by atoms with Crippen LogP contribution in [0, 0.1) is 19.7 Å². The molecule has 1 aromatic carbocycles. The van der Waals surface area contributed by atoms with Crippen LogP contribution < -0.4 is 5.32 Å². The van der Waals surface area contributed by atoms with E-state index in [1.807, 2.05) is 11.6 Å². The minimum atomic E-state index is -0.328. The van der Waals surface area contributed by atoms with E-state index in [0.717, 1.165) is 4.96 Å². The number of carbonyl (C=O) groups is 1. The van der Waals surface area contributed by atoms with Crippen molar-refractivity contribution in [2.45, 2.75) is 13.8 Å². The average molecular weight is 356 g/mol. The molecule has 3 heterocycles. The van der Waals surface area contributed by atoms with E-state index < -0.39 is 0 Å². The van der Waals surface area contributed by atoms with Crippen molar-refractivity contribution in [2.24, 2.45) is 0 Å². The monoisotopic (exact) mass is 356 g/mol. The topological polar surface area (TPSA) is 72.4 Å². The summed E-state index contributed by atoms with van der Waals surface area (Å²) in [5.41, 5.74) is 2.21. The number of nitrogens with one attached hydrogen (secondary N) is 1. The van der Waals surface area contributed by atoms with Gasteiger partial charge in [0, 0.05) is 17.1 Å². The van der Waals surface area contributed by atoms with E-state index in [0.29, 0.717) is 34.1 Å². The summed E-state index contributed by atoms with van der Waals surface area (Å²) in [5, 5.41) is 8.58. The van der Waals surface area contributed by atoms with Crippen molar-refractivity contribution < 1.29 is 13.7 Å². The molecular formula is C17H13FN4O2S. The minimum absolute atomic E-state index is 0.326. The fourth-order valence-electron chi connectivity index (χ4n) is 2.69. The second kappa shape index (κ2) is 5.82. The molecule has 0 atom stereocenters. The lowest BCUT2D eigenvalue weighted by Gasteiger charge is -2.07. The van der Waals surface area contributed by atoms with Gasteiger partial charge in [0.15, 0.2) is 4.96 Å². The Balaban J connectivity index is 1.80. The molecule has 0 bridgehead atoms. The molecule has 1 N–H and O–H groups in total.